The molecule has 2 N–H and O–H groups in total. The van der Waals surface area contributed by atoms with Crippen molar-refractivity contribution < 1.29 is 24.2 Å². The van der Waals surface area contributed by atoms with Crippen LogP contribution < -0.4 is 5.32 Å². The molecule has 0 saturated heterocycles. The quantitative estimate of drug-likeness (QED) is 0.579. The van der Waals surface area contributed by atoms with E-state index >= 15 is 0 Å². The number of carbonyl (C=O) groups is 3. The largest absolute Gasteiger partial charge is 0.465 e. The van der Waals surface area contributed by atoms with Gasteiger partial charge in [0.25, 0.3) is 5.91 Å². The van der Waals surface area contributed by atoms with Crippen LogP contribution in [0, 0.1) is 0 Å². The van der Waals surface area contributed by atoms with Gasteiger partial charge in [0.1, 0.15) is 5.60 Å². The molecule has 188 valence electrons. The van der Waals surface area contributed by atoms with Gasteiger partial charge in [-0.2, -0.15) is 0 Å². The van der Waals surface area contributed by atoms with Gasteiger partial charge in [-0.3, -0.25) is 4.79 Å². The summed E-state index contributed by atoms with van der Waals surface area (Å²) in [4.78, 5) is 39.9. The Kier molecular flexibility index (Phi) is 8.38. The average Bonchev–Trinajstić information content (AvgIpc) is 2.79. The van der Waals surface area contributed by atoms with Crippen molar-refractivity contribution in [2.45, 2.75) is 51.7 Å². The predicted molar refractivity (Wildman–Crippen MR) is 134 cm³/mol. The molecule has 0 fully saturated rings. The second kappa shape index (κ2) is 11.3. The monoisotopic (exact) mass is 481 g/mol. The molecule has 8 heteroatoms. The molecule has 1 aliphatic heterocycles. The van der Waals surface area contributed by atoms with Crippen molar-refractivity contribution in [1.82, 2.24) is 15.1 Å². The van der Waals surface area contributed by atoms with Crippen LogP contribution in [-0.2, 0) is 17.6 Å². The van der Waals surface area contributed by atoms with E-state index in [1.165, 1.54) is 4.90 Å². The first kappa shape index (κ1) is 26.1. The molecule has 1 unspecified atom stereocenters. The van der Waals surface area contributed by atoms with Crippen LogP contribution in [-0.4, -0.2) is 65.3 Å². The minimum Gasteiger partial charge on any atom is -0.465 e. The van der Waals surface area contributed by atoms with Crippen LogP contribution in [0.1, 0.15) is 60.3 Å². The molecule has 0 saturated carbocycles. The van der Waals surface area contributed by atoms with Gasteiger partial charge < -0.3 is 25.0 Å². The van der Waals surface area contributed by atoms with Gasteiger partial charge in [0.15, 0.2) is 0 Å². The molecule has 35 heavy (non-hydrogen) atoms. The molecule has 2 aromatic carbocycles. The maximum Gasteiger partial charge on any atom is 0.410 e. The number of hydrogen-bond donors (Lipinski definition) is 2. The van der Waals surface area contributed by atoms with Crippen molar-refractivity contribution in [3.63, 3.8) is 0 Å². The normalized spacial score (nSPS) is 14.2. The number of fused-ring (bicyclic) bond motifs is 1. The van der Waals surface area contributed by atoms with Crippen LogP contribution in [0.5, 0.6) is 0 Å². The van der Waals surface area contributed by atoms with E-state index in [1.807, 2.05) is 68.1 Å². The topological polar surface area (TPSA) is 99.2 Å². The lowest BCUT2D eigenvalue weighted by Crippen LogP contribution is -2.40. The van der Waals surface area contributed by atoms with Gasteiger partial charge in [-0.15, -0.1) is 0 Å². The predicted octanol–water partition coefficient (Wildman–Crippen LogP) is 4.49. The molecule has 3 amide bonds. The molecule has 0 aromatic heterocycles. The molecular formula is C27H35N3O5. The fourth-order valence-electron chi connectivity index (χ4n) is 4.17. The van der Waals surface area contributed by atoms with Crippen molar-refractivity contribution in [3.05, 3.63) is 70.8 Å². The summed E-state index contributed by atoms with van der Waals surface area (Å²) in [6, 6.07) is 14.9. The Morgan fingerprint density at radius 3 is 2.54 bits per heavy atom. The smallest absolute Gasteiger partial charge is 0.410 e. The summed E-state index contributed by atoms with van der Waals surface area (Å²) in [5.41, 5.74) is 2.91. The standard InChI is InChI=1S/C27H35N3O5/c1-27(2,3)35-26(34)29(4)14-8-15-30-16-13-20-18-21(11-12-22(20)24(30)31)23(28-25(32)33)17-19-9-6-5-7-10-19/h5-7,9-12,18,23,28H,8,13-17H2,1-4H3,(H,32,33). The lowest BCUT2D eigenvalue weighted by Gasteiger charge is -2.30. The van der Waals surface area contributed by atoms with Crippen molar-refractivity contribution in [2.24, 2.45) is 0 Å². The fraction of sp³-hybridized carbons (Fsp3) is 0.444. The maximum atomic E-state index is 13.1. The summed E-state index contributed by atoms with van der Waals surface area (Å²) in [6.45, 7) is 7.11. The van der Waals surface area contributed by atoms with Crippen molar-refractivity contribution in [1.29, 1.82) is 0 Å². The summed E-state index contributed by atoms with van der Waals surface area (Å²) < 4.78 is 5.37. The highest BCUT2D eigenvalue weighted by Gasteiger charge is 2.26. The Morgan fingerprint density at radius 2 is 1.89 bits per heavy atom. The molecule has 0 aliphatic carbocycles. The van der Waals surface area contributed by atoms with E-state index in [1.54, 1.807) is 13.1 Å². The summed E-state index contributed by atoms with van der Waals surface area (Å²) in [5, 5.41) is 12.0. The molecule has 2 aromatic rings. The molecule has 0 radical (unpaired) electrons. The summed E-state index contributed by atoms with van der Waals surface area (Å²) in [5.74, 6) is -0.0384. The number of carbonyl (C=O) groups excluding carboxylic acids is 2. The van der Waals surface area contributed by atoms with Crippen LogP contribution in [0.25, 0.3) is 0 Å². The number of ether oxygens (including phenoxy) is 1. The highest BCUT2D eigenvalue weighted by Crippen LogP contribution is 2.26. The van der Waals surface area contributed by atoms with Gasteiger partial charge in [0.05, 0.1) is 6.04 Å². The van der Waals surface area contributed by atoms with E-state index in [2.05, 4.69) is 5.32 Å². The zero-order valence-electron chi connectivity index (χ0n) is 20.9. The first-order valence-corrected chi connectivity index (χ1v) is 11.9. The number of nitrogens with one attached hydrogen (secondary N) is 1. The first-order valence-electron chi connectivity index (χ1n) is 11.9. The van der Waals surface area contributed by atoms with Crippen LogP contribution in [0.4, 0.5) is 9.59 Å². The molecule has 0 bridgehead atoms. The Labute approximate surface area is 206 Å². The molecule has 3 rings (SSSR count). The zero-order valence-corrected chi connectivity index (χ0v) is 20.9. The Morgan fingerprint density at radius 1 is 1.17 bits per heavy atom. The first-order chi connectivity index (χ1) is 16.5. The van der Waals surface area contributed by atoms with Gasteiger partial charge in [-0.05, 0) is 62.8 Å². The number of rotatable bonds is 8. The third-order valence-corrected chi connectivity index (χ3v) is 5.91. The number of carboxylic acid groups (broad SMARTS) is 1. The SMILES string of the molecule is CN(CCCN1CCc2cc(C(Cc3ccccc3)NC(=O)O)ccc2C1=O)C(=O)OC(C)(C)C. The molecule has 8 nitrogen and oxygen atoms in total. The highest BCUT2D eigenvalue weighted by molar-refractivity contribution is 5.96. The zero-order chi connectivity index (χ0) is 25.6. The minimum absolute atomic E-state index is 0.0384. The Bertz CT molecular complexity index is 1050. The van der Waals surface area contributed by atoms with Crippen molar-refractivity contribution >= 4 is 18.1 Å². The lowest BCUT2D eigenvalue weighted by atomic mass is 9.92. The van der Waals surface area contributed by atoms with E-state index < -0.39 is 17.7 Å². The van der Waals surface area contributed by atoms with Gasteiger partial charge in [-0.25, -0.2) is 9.59 Å². The number of benzene rings is 2. The van der Waals surface area contributed by atoms with Gasteiger partial charge in [0, 0.05) is 32.2 Å². The number of hydrogen-bond acceptors (Lipinski definition) is 4. The average molecular weight is 482 g/mol. The maximum absolute atomic E-state index is 13.1. The van der Waals surface area contributed by atoms with E-state index in [0.717, 1.165) is 16.7 Å². The summed E-state index contributed by atoms with van der Waals surface area (Å²) in [6.07, 6.45) is 0.415. The van der Waals surface area contributed by atoms with Crippen LogP contribution >= 0.6 is 0 Å². The van der Waals surface area contributed by atoms with Crippen LogP contribution in [0.3, 0.4) is 0 Å². The lowest BCUT2D eigenvalue weighted by molar-refractivity contribution is 0.0293. The van der Waals surface area contributed by atoms with Gasteiger partial charge in [0.2, 0.25) is 0 Å². The van der Waals surface area contributed by atoms with E-state index in [-0.39, 0.29) is 12.0 Å². The van der Waals surface area contributed by atoms with Gasteiger partial charge >= 0.3 is 12.2 Å². The molecule has 0 spiro atoms. The number of amides is 3. The molecule has 1 heterocycles. The number of nitrogens with zero attached hydrogens (tertiary/aromatic N) is 2. The molecule has 1 atom stereocenters. The van der Waals surface area contributed by atoms with E-state index in [0.29, 0.717) is 44.5 Å². The van der Waals surface area contributed by atoms with Gasteiger partial charge in [-0.1, -0.05) is 42.5 Å². The third kappa shape index (κ3) is 7.47. The summed E-state index contributed by atoms with van der Waals surface area (Å²) >= 11 is 0. The second-order valence-electron chi connectivity index (χ2n) is 9.91. The molecule has 1 aliphatic rings. The summed E-state index contributed by atoms with van der Waals surface area (Å²) in [7, 11) is 1.69. The van der Waals surface area contributed by atoms with Crippen LogP contribution in [0.2, 0.25) is 0 Å². The van der Waals surface area contributed by atoms with Crippen molar-refractivity contribution in [3.8, 4) is 0 Å². The fourth-order valence-corrected chi connectivity index (χ4v) is 4.17. The van der Waals surface area contributed by atoms with Crippen LogP contribution in [0.15, 0.2) is 48.5 Å². The minimum atomic E-state index is -1.08. The third-order valence-electron chi connectivity index (χ3n) is 5.91. The second-order valence-corrected chi connectivity index (χ2v) is 9.91. The van der Waals surface area contributed by atoms with E-state index in [4.69, 9.17) is 4.74 Å². The van der Waals surface area contributed by atoms with E-state index in [9.17, 15) is 19.5 Å². The Hall–Kier alpha value is -3.55. The Balaban J connectivity index is 1.63. The van der Waals surface area contributed by atoms with Crippen molar-refractivity contribution in [2.75, 3.05) is 26.7 Å². The highest BCUT2D eigenvalue weighted by atomic mass is 16.6. The molecular weight excluding hydrogens is 446 g/mol.